The predicted octanol–water partition coefficient (Wildman–Crippen LogP) is 2.96. The third-order valence-electron chi connectivity index (χ3n) is 4.09. The van der Waals surface area contributed by atoms with Crippen LogP contribution in [0.25, 0.3) is 0 Å². The summed E-state index contributed by atoms with van der Waals surface area (Å²) in [5.74, 6) is -0.241. The van der Waals surface area contributed by atoms with Crippen LogP contribution in [0.4, 0.5) is 0 Å². The summed E-state index contributed by atoms with van der Waals surface area (Å²) in [6, 6.07) is 0.241. The van der Waals surface area contributed by atoms with Crippen LogP contribution in [0.15, 0.2) is 0 Å². The van der Waals surface area contributed by atoms with E-state index >= 15 is 0 Å². The van der Waals surface area contributed by atoms with Gasteiger partial charge in [0.2, 0.25) is 5.91 Å². The second kappa shape index (κ2) is 6.92. The fourth-order valence-electron chi connectivity index (χ4n) is 2.76. The van der Waals surface area contributed by atoms with Crippen LogP contribution >= 0.6 is 0 Å². The Morgan fingerprint density at radius 3 is 2.26 bits per heavy atom. The van der Waals surface area contributed by atoms with Crippen LogP contribution in [0.1, 0.15) is 65.7 Å². The SMILES string of the molecule is CCCC1CCC(NC(=O)CC(C)(C)C(=O)O)CC1. The Balaban J connectivity index is 2.33. The Morgan fingerprint density at radius 2 is 1.79 bits per heavy atom. The van der Waals surface area contributed by atoms with Crippen molar-refractivity contribution in [2.24, 2.45) is 11.3 Å². The van der Waals surface area contributed by atoms with Gasteiger partial charge in [-0.15, -0.1) is 0 Å². The van der Waals surface area contributed by atoms with E-state index in [1.807, 2.05) is 0 Å². The molecule has 0 bridgehead atoms. The maximum atomic E-state index is 11.9. The zero-order valence-corrected chi connectivity index (χ0v) is 12.4. The first kappa shape index (κ1) is 16.0. The highest BCUT2D eigenvalue weighted by molar-refractivity contribution is 5.84. The molecule has 19 heavy (non-hydrogen) atoms. The number of aliphatic carboxylic acids is 1. The van der Waals surface area contributed by atoms with Crippen molar-refractivity contribution < 1.29 is 14.7 Å². The molecule has 1 amide bonds. The third-order valence-corrected chi connectivity index (χ3v) is 4.09. The van der Waals surface area contributed by atoms with E-state index in [1.54, 1.807) is 13.8 Å². The van der Waals surface area contributed by atoms with Gasteiger partial charge in [-0.25, -0.2) is 0 Å². The molecule has 110 valence electrons. The summed E-state index contributed by atoms with van der Waals surface area (Å²) >= 11 is 0. The number of amides is 1. The van der Waals surface area contributed by atoms with Crippen molar-refractivity contribution in [2.45, 2.75) is 71.8 Å². The number of hydrogen-bond donors (Lipinski definition) is 2. The van der Waals surface area contributed by atoms with Gasteiger partial charge in [0, 0.05) is 12.5 Å². The monoisotopic (exact) mass is 269 g/mol. The zero-order valence-electron chi connectivity index (χ0n) is 12.4. The van der Waals surface area contributed by atoms with E-state index in [4.69, 9.17) is 5.11 Å². The minimum atomic E-state index is -0.983. The van der Waals surface area contributed by atoms with Gasteiger partial charge >= 0.3 is 5.97 Å². The van der Waals surface area contributed by atoms with E-state index in [0.717, 1.165) is 18.8 Å². The fourth-order valence-corrected chi connectivity index (χ4v) is 2.76. The van der Waals surface area contributed by atoms with E-state index in [-0.39, 0.29) is 18.4 Å². The number of rotatable bonds is 6. The molecular formula is C15H27NO3. The molecule has 2 N–H and O–H groups in total. The lowest BCUT2D eigenvalue weighted by Crippen LogP contribution is -2.40. The van der Waals surface area contributed by atoms with Gasteiger partial charge in [0.05, 0.1) is 5.41 Å². The molecule has 0 heterocycles. The van der Waals surface area contributed by atoms with Crippen molar-refractivity contribution in [1.82, 2.24) is 5.32 Å². The van der Waals surface area contributed by atoms with E-state index < -0.39 is 11.4 Å². The fraction of sp³-hybridized carbons (Fsp3) is 0.867. The third kappa shape index (κ3) is 5.21. The molecule has 4 nitrogen and oxygen atoms in total. The van der Waals surface area contributed by atoms with Crippen LogP contribution in [0.2, 0.25) is 0 Å². The van der Waals surface area contributed by atoms with Crippen molar-refractivity contribution >= 4 is 11.9 Å². The minimum absolute atomic E-state index is 0.0528. The lowest BCUT2D eigenvalue weighted by molar-refractivity contribution is -0.149. The maximum Gasteiger partial charge on any atom is 0.309 e. The normalized spacial score (nSPS) is 23.9. The van der Waals surface area contributed by atoms with Gasteiger partial charge in [-0.2, -0.15) is 0 Å². The standard InChI is InChI=1S/C15H27NO3/c1-4-5-11-6-8-12(9-7-11)16-13(17)10-15(2,3)14(18)19/h11-12H,4-10H2,1-3H3,(H,16,17)(H,18,19). The van der Waals surface area contributed by atoms with Gasteiger partial charge in [0.15, 0.2) is 0 Å². The Kier molecular flexibility index (Phi) is 5.83. The van der Waals surface area contributed by atoms with Crippen molar-refractivity contribution in [2.75, 3.05) is 0 Å². The second-order valence-electron chi connectivity index (χ2n) is 6.44. The molecule has 1 rings (SSSR count). The van der Waals surface area contributed by atoms with Crippen molar-refractivity contribution in [3.05, 3.63) is 0 Å². The van der Waals surface area contributed by atoms with Gasteiger partial charge in [0.25, 0.3) is 0 Å². The van der Waals surface area contributed by atoms with Crippen LogP contribution in [0, 0.1) is 11.3 Å². The van der Waals surface area contributed by atoms with E-state index in [2.05, 4.69) is 12.2 Å². The molecule has 0 spiro atoms. The molecule has 1 fully saturated rings. The summed E-state index contributed by atoms with van der Waals surface area (Å²) < 4.78 is 0. The molecular weight excluding hydrogens is 242 g/mol. The second-order valence-corrected chi connectivity index (χ2v) is 6.44. The molecule has 0 unspecified atom stereocenters. The largest absolute Gasteiger partial charge is 0.481 e. The minimum Gasteiger partial charge on any atom is -0.481 e. The van der Waals surface area contributed by atoms with E-state index in [0.29, 0.717) is 0 Å². The quantitative estimate of drug-likeness (QED) is 0.779. The topological polar surface area (TPSA) is 66.4 Å². The predicted molar refractivity (Wildman–Crippen MR) is 74.8 cm³/mol. The Hall–Kier alpha value is -1.06. The average Bonchev–Trinajstić information content (AvgIpc) is 2.31. The summed E-state index contributed by atoms with van der Waals surface area (Å²) in [6.07, 6.45) is 6.99. The zero-order chi connectivity index (χ0) is 14.5. The Bertz CT molecular complexity index is 317. The first-order chi connectivity index (χ1) is 8.85. The van der Waals surface area contributed by atoms with Gasteiger partial charge in [-0.1, -0.05) is 19.8 Å². The van der Waals surface area contributed by atoms with Gasteiger partial charge in [-0.3, -0.25) is 9.59 Å². The smallest absolute Gasteiger partial charge is 0.309 e. The van der Waals surface area contributed by atoms with Gasteiger partial charge in [0.1, 0.15) is 0 Å². The molecule has 1 aliphatic carbocycles. The van der Waals surface area contributed by atoms with Gasteiger partial charge < -0.3 is 10.4 Å². The van der Waals surface area contributed by atoms with Crippen LogP contribution in [-0.4, -0.2) is 23.0 Å². The van der Waals surface area contributed by atoms with Crippen molar-refractivity contribution in [1.29, 1.82) is 0 Å². The highest BCUT2D eigenvalue weighted by Crippen LogP contribution is 2.28. The number of carbonyl (C=O) groups is 2. The average molecular weight is 269 g/mol. The Labute approximate surface area is 116 Å². The highest BCUT2D eigenvalue weighted by atomic mass is 16.4. The summed E-state index contributed by atoms with van der Waals surface area (Å²) in [4.78, 5) is 22.8. The van der Waals surface area contributed by atoms with E-state index in [9.17, 15) is 9.59 Å². The molecule has 0 atom stereocenters. The number of carboxylic acids is 1. The molecule has 0 aromatic heterocycles. The van der Waals surface area contributed by atoms with Crippen LogP contribution in [-0.2, 0) is 9.59 Å². The molecule has 4 heteroatoms. The number of nitrogens with one attached hydrogen (secondary N) is 1. The van der Waals surface area contributed by atoms with Crippen LogP contribution in [0.5, 0.6) is 0 Å². The highest BCUT2D eigenvalue weighted by Gasteiger charge is 2.31. The van der Waals surface area contributed by atoms with Crippen molar-refractivity contribution in [3.8, 4) is 0 Å². The molecule has 1 saturated carbocycles. The molecule has 0 saturated heterocycles. The molecule has 0 aliphatic heterocycles. The first-order valence-electron chi connectivity index (χ1n) is 7.38. The number of carbonyl (C=O) groups excluding carboxylic acids is 1. The summed E-state index contributed by atoms with van der Waals surface area (Å²) in [7, 11) is 0. The van der Waals surface area contributed by atoms with Crippen LogP contribution in [0.3, 0.4) is 0 Å². The lowest BCUT2D eigenvalue weighted by Gasteiger charge is -2.29. The first-order valence-corrected chi connectivity index (χ1v) is 7.38. The number of hydrogen-bond acceptors (Lipinski definition) is 2. The molecule has 0 aromatic rings. The molecule has 0 radical (unpaired) electrons. The maximum absolute atomic E-state index is 11.9. The summed E-state index contributed by atoms with van der Waals surface area (Å²) in [5.41, 5.74) is -0.983. The lowest BCUT2D eigenvalue weighted by atomic mass is 9.83. The summed E-state index contributed by atoms with van der Waals surface area (Å²) in [5, 5.41) is 12.0. The molecule has 0 aromatic carbocycles. The van der Waals surface area contributed by atoms with Gasteiger partial charge in [-0.05, 0) is 45.4 Å². The van der Waals surface area contributed by atoms with Crippen LogP contribution < -0.4 is 5.32 Å². The summed E-state index contributed by atoms with van der Waals surface area (Å²) in [6.45, 7) is 5.39. The molecule has 1 aliphatic rings. The van der Waals surface area contributed by atoms with E-state index in [1.165, 1.54) is 25.7 Å². The Morgan fingerprint density at radius 1 is 1.21 bits per heavy atom. The number of carboxylic acid groups (broad SMARTS) is 1. The van der Waals surface area contributed by atoms with Crippen molar-refractivity contribution in [3.63, 3.8) is 0 Å².